The highest BCUT2D eigenvalue weighted by Gasteiger charge is 2.93. The lowest BCUT2D eigenvalue weighted by Gasteiger charge is -2.41. The Hall–Kier alpha value is -1.12. The van der Waals surface area contributed by atoms with Gasteiger partial charge in [-0.15, -0.1) is 0 Å². The van der Waals surface area contributed by atoms with Crippen LogP contribution < -0.4 is 0 Å². The molecule has 0 aromatic carbocycles. The molecule has 158 valence electrons. The van der Waals surface area contributed by atoms with E-state index in [1.165, 1.54) is 0 Å². The molecule has 0 nitrogen and oxygen atoms in total. The van der Waals surface area contributed by atoms with Crippen LogP contribution in [0.5, 0.6) is 0 Å². The molecule has 0 aliphatic heterocycles. The molecule has 1 unspecified atom stereocenters. The van der Waals surface area contributed by atoms with E-state index in [9.17, 15) is 70.2 Å². The van der Waals surface area contributed by atoms with Crippen molar-refractivity contribution in [3.05, 3.63) is 0 Å². The van der Waals surface area contributed by atoms with Gasteiger partial charge in [0.1, 0.15) is 6.17 Å². The second-order valence-electron chi connectivity index (χ2n) is 5.06. The smallest absolute Gasteiger partial charge is 0.248 e. The quantitative estimate of drug-likeness (QED) is 0.428. The summed E-state index contributed by atoms with van der Waals surface area (Å²) in [6.07, 6.45) is -13.7. The van der Waals surface area contributed by atoms with Crippen molar-refractivity contribution in [2.75, 3.05) is 0 Å². The topological polar surface area (TPSA) is 0 Å². The van der Waals surface area contributed by atoms with Crippen molar-refractivity contribution < 1.29 is 70.2 Å². The van der Waals surface area contributed by atoms with Crippen molar-refractivity contribution in [3.63, 3.8) is 0 Å². The second-order valence-corrected chi connectivity index (χ2v) is 5.06. The molecule has 0 radical (unpaired) electrons. The summed E-state index contributed by atoms with van der Waals surface area (Å²) in [6.45, 7) is 0.0344. The van der Waals surface area contributed by atoms with Gasteiger partial charge in [0.2, 0.25) is 0 Å². The van der Waals surface area contributed by atoms with Gasteiger partial charge < -0.3 is 0 Å². The van der Waals surface area contributed by atoms with Crippen LogP contribution in [0.3, 0.4) is 0 Å². The van der Waals surface area contributed by atoms with E-state index in [2.05, 4.69) is 0 Å². The van der Waals surface area contributed by atoms with Crippen LogP contribution in [0.2, 0.25) is 0 Å². The lowest BCUT2D eigenvalue weighted by atomic mass is 9.89. The van der Waals surface area contributed by atoms with E-state index in [1.807, 2.05) is 0 Å². The first-order valence-electron chi connectivity index (χ1n) is 5.89. The Bertz CT molecular complexity index is 498. The minimum Gasteiger partial charge on any atom is -0.248 e. The maximum atomic E-state index is 13.1. The van der Waals surface area contributed by atoms with Gasteiger partial charge in [-0.1, -0.05) is 0 Å². The van der Waals surface area contributed by atoms with Crippen molar-refractivity contribution >= 4 is 0 Å². The molecule has 0 N–H and O–H groups in total. The van der Waals surface area contributed by atoms with E-state index >= 15 is 0 Å². The van der Waals surface area contributed by atoms with Crippen molar-refractivity contribution in [1.82, 2.24) is 0 Å². The third kappa shape index (κ3) is 3.27. The van der Waals surface area contributed by atoms with Crippen LogP contribution in [0.1, 0.15) is 13.3 Å². The SMILES string of the molecule is CC(F)CC(F)(F)C(F)(F)C(F)(F)C(F)(F)C(F)(F)C(F)(F)C(F)(F)F. The fraction of sp³-hybridized carbons (Fsp3) is 1.00. The van der Waals surface area contributed by atoms with Gasteiger partial charge in [-0.2, -0.15) is 65.9 Å². The molecule has 0 saturated carbocycles. The summed E-state index contributed by atoms with van der Waals surface area (Å²) in [5.74, 6) is -46.9. The zero-order chi connectivity index (χ0) is 21.8. The van der Waals surface area contributed by atoms with Gasteiger partial charge in [0.25, 0.3) is 0 Å². The molecule has 0 heterocycles. The third-order valence-corrected chi connectivity index (χ3v) is 2.93. The van der Waals surface area contributed by atoms with Crippen molar-refractivity contribution in [2.24, 2.45) is 0 Å². The lowest BCUT2D eigenvalue weighted by Crippen LogP contribution is -2.72. The monoisotopic (exact) mass is 430 g/mol. The van der Waals surface area contributed by atoms with Crippen LogP contribution >= 0.6 is 0 Å². The highest BCUT2D eigenvalue weighted by molar-refractivity contribution is 5.13. The predicted molar refractivity (Wildman–Crippen MR) is 50.9 cm³/mol. The van der Waals surface area contributed by atoms with Crippen LogP contribution in [0.15, 0.2) is 0 Å². The number of halogens is 16. The molecule has 0 rings (SSSR count). The second kappa shape index (κ2) is 6.21. The van der Waals surface area contributed by atoms with Crippen LogP contribution in [0.4, 0.5) is 70.2 Å². The fourth-order valence-corrected chi connectivity index (χ4v) is 1.48. The standard InChI is InChI=1S/C10H6F16/c1-3(11)2-4(12,13)5(14,15)6(16,17)7(18,19)8(20,21)9(22,23)10(24,25)26/h3H,2H2,1H3. The third-order valence-electron chi connectivity index (χ3n) is 2.93. The molecule has 16 heteroatoms. The Balaban J connectivity index is 6.42. The van der Waals surface area contributed by atoms with E-state index < -0.39 is 54.3 Å². The minimum absolute atomic E-state index is 0.0344. The van der Waals surface area contributed by atoms with Gasteiger partial charge in [-0.3, -0.25) is 0 Å². The molecule has 0 amide bonds. The minimum atomic E-state index is -8.33. The maximum absolute atomic E-state index is 13.1. The summed E-state index contributed by atoms with van der Waals surface area (Å²) in [6, 6.07) is 0. The highest BCUT2D eigenvalue weighted by Crippen LogP contribution is 2.62. The Kier molecular flexibility index (Phi) is 5.94. The molecule has 0 aromatic heterocycles. The van der Waals surface area contributed by atoms with Crippen molar-refractivity contribution in [2.45, 2.75) is 61.2 Å². The molecule has 26 heavy (non-hydrogen) atoms. The summed E-state index contributed by atoms with van der Waals surface area (Å²) in [5.41, 5.74) is 0. The Morgan fingerprint density at radius 3 is 1.04 bits per heavy atom. The molecule has 0 aliphatic rings. The largest absolute Gasteiger partial charge is 0.460 e. The molecular formula is C10H6F16. The molecule has 0 aliphatic carbocycles. The Morgan fingerprint density at radius 1 is 0.500 bits per heavy atom. The zero-order valence-electron chi connectivity index (χ0n) is 11.8. The number of hydrogen-bond acceptors (Lipinski definition) is 0. The van der Waals surface area contributed by atoms with E-state index in [-0.39, 0.29) is 6.92 Å². The molecule has 0 saturated heterocycles. The summed E-state index contributed by atoms with van der Waals surface area (Å²) in [5, 5.41) is 0. The molecule has 0 bridgehead atoms. The highest BCUT2D eigenvalue weighted by atomic mass is 19.4. The first kappa shape index (κ1) is 24.9. The summed E-state index contributed by atoms with van der Waals surface area (Å²) in [4.78, 5) is 0. The lowest BCUT2D eigenvalue weighted by molar-refractivity contribution is -0.452. The Labute approximate surface area is 133 Å². The Morgan fingerprint density at radius 2 is 0.769 bits per heavy atom. The summed E-state index contributed by atoms with van der Waals surface area (Å²) in [7, 11) is 0. The number of alkyl halides is 16. The first-order valence-corrected chi connectivity index (χ1v) is 5.89. The molecule has 0 fully saturated rings. The van der Waals surface area contributed by atoms with E-state index in [4.69, 9.17) is 0 Å². The number of rotatable bonds is 7. The van der Waals surface area contributed by atoms with Gasteiger partial charge in [0, 0.05) is 6.42 Å². The van der Waals surface area contributed by atoms with Crippen LogP contribution in [-0.2, 0) is 0 Å². The fourth-order valence-electron chi connectivity index (χ4n) is 1.48. The van der Waals surface area contributed by atoms with Gasteiger partial charge in [-0.25, -0.2) is 4.39 Å². The molecule has 1 atom stereocenters. The van der Waals surface area contributed by atoms with E-state index in [0.29, 0.717) is 0 Å². The summed E-state index contributed by atoms with van der Waals surface area (Å²) < 4.78 is 202. The summed E-state index contributed by atoms with van der Waals surface area (Å²) >= 11 is 0. The number of hydrogen-bond donors (Lipinski definition) is 0. The van der Waals surface area contributed by atoms with Gasteiger partial charge in [-0.05, 0) is 6.92 Å². The average molecular weight is 430 g/mol. The van der Waals surface area contributed by atoms with Gasteiger partial charge in [0.05, 0.1) is 0 Å². The van der Waals surface area contributed by atoms with Crippen molar-refractivity contribution in [1.29, 1.82) is 0 Å². The first-order chi connectivity index (χ1) is 10.9. The van der Waals surface area contributed by atoms with Crippen molar-refractivity contribution in [3.8, 4) is 0 Å². The molecule has 0 spiro atoms. The van der Waals surface area contributed by atoms with Crippen LogP contribution in [-0.4, -0.2) is 47.9 Å². The average Bonchev–Trinajstić information content (AvgIpc) is 2.34. The predicted octanol–water partition coefficient (Wildman–Crippen LogP) is 6.11. The van der Waals surface area contributed by atoms with E-state index in [0.717, 1.165) is 0 Å². The van der Waals surface area contributed by atoms with Gasteiger partial charge >= 0.3 is 41.7 Å². The zero-order valence-corrected chi connectivity index (χ0v) is 11.8. The molecular weight excluding hydrogens is 424 g/mol. The maximum Gasteiger partial charge on any atom is 0.460 e. The van der Waals surface area contributed by atoms with Crippen LogP contribution in [0.25, 0.3) is 0 Å². The molecule has 0 aromatic rings. The van der Waals surface area contributed by atoms with Crippen LogP contribution in [0, 0.1) is 0 Å². The van der Waals surface area contributed by atoms with Gasteiger partial charge in [0.15, 0.2) is 0 Å². The van der Waals surface area contributed by atoms with E-state index in [1.54, 1.807) is 0 Å². The normalized spacial score (nSPS) is 17.4.